The molecule has 0 bridgehead atoms. The van der Waals surface area contributed by atoms with Gasteiger partial charge in [0.05, 0.1) is 18.0 Å². The van der Waals surface area contributed by atoms with Crippen LogP contribution in [0.1, 0.15) is 35.6 Å². The van der Waals surface area contributed by atoms with Crippen LogP contribution >= 0.6 is 11.8 Å². The Morgan fingerprint density at radius 1 is 0.947 bits per heavy atom. The van der Waals surface area contributed by atoms with Crippen LogP contribution in [0.25, 0.3) is 17.3 Å². The zero-order valence-electron chi connectivity index (χ0n) is 21.3. The van der Waals surface area contributed by atoms with E-state index in [1.807, 2.05) is 65.2 Å². The van der Waals surface area contributed by atoms with Gasteiger partial charge in [-0.05, 0) is 60.7 Å². The van der Waals surface area contributed by atoms with Gasteiger partial charge in [0.1, 0.15) is 0 Å². The van der Waals surface area contributed by atoms with Crippen molar-refractivity contribution in [1.82, 2.24) is 20.1 Å². The van der Waals surface area contributed by atoms with Gasteiger partial charge in [0.25, 0.3) is 0 Å². The van der Waals surface area contributed by atoms with Gasteiger partial charge in [0.2, 0.25) is 11.7 Å². The Hall–Kier alpha value is -4.10. The first-order chi connectivity index (χ1) is 18.7. The van der Waals surface area contributed by atoms with E-state index in [9.17, 15) is 4.79 Å². The Kier molecular flexibility index (Phi) is 8.36. The normalized spacial score (nSPS) is 11.8. The van der Waals surface area contributed by atoms with E-state index in [2.05, 4.69) is 58.8 Å². The number of thioether (sulfide) groups is 1. The molecule has 3 aromatic carbocycles. The number of carbonyl (C=O) groups is 1. The van der Waals surface area contributed by atoms with Crippen LogP contribution in [0.15, 0.2) is 113 Å². The molecule has 6 nitrogen and oxygen atoms in total. The summed E-state index contributed by atoms with van der Waals surface area (Å²) in [5.41, 5.74) is 4.43. The summed E-state index contributed by atoms with van der Waals surface area (Å²) in [6.45, 7) is 2.06. The minimum absolute atomic E-state index is 0.0480. The first-order valence-electron chi connectivity index (χ1n) is 12.7. The van der Waals surface area contributed by atoms with Crippen LogP contribution in [0.4, 0.5) is 0 Å². The van der Waals surface area contributed by atoms with Crippen molar-refractivity contribution < 1.29 is 9.21 Å². The van der Waals surface area contributed by atoms with Gasteiger partial charge in [-0.3, -0.25) is 9.36 Å². The molecule has 0 aliphatic rings. The highest BCUT2D eigenvalue weighted by molar-refractivity contribution is 7.99. The Balaban J connectivity index is 1.22. The molecule has 1 unspecified atom stereocenters. The predicted molar refractivity (Wildman–Crippen MR) is 151 cm³/mol. The van der Waals surface area contributed by atoms with Crippen LogP contribution in [0.2, 0.25) is 0 Å². The third kappa shape index (κ3) is 6.42. The molecule has 38 heavy (non-hydrogen) atoms. The average molecular weight is 523 g/mol. The molecule has 1 N–H and O–H groups in total. The third-order valence-electron chi connectivity index (χ3n) is 6.23. The minimum atomic E-state index is -0.0703. The second-order valence-electron chi connectivity index (χ2n) is 9.13. The molecule has 5 rings (SSSR count). The van der Waals surface area contributed by atoms with E-state index in [1.165, 1.54) is 5.56 Å². The summed E-state index contributed by atoms with van der Waals surface area (Å²) in [5.74, 6) is 2.11. The van der Waals surface area contributed by atoms with Crippen molar-refractivity contribution in [1.29, 1.82) is 0 Å². The van der Waals surface area contributed by atoms with Gasteiger partial charge in [0, 0.05) is 12.2 Å². The number of nitrogens with one attached hydrogen (secondary N) is 1. The minimum Gasteiger partial charge on any atom is -0.461 e. The highest BCUT2D eigenvalue weighted by Crippen LogP contribution is 2.29. The summed E-state index contributed by atoms with van der Waals surface area (Å²) in [6.07, 6.45) is 3.55. The van der Waals surface area contributed by atoms with E-state index in [-0.39, 0.29) is 11.9 Å². The molecule has 0 aliphatic heterocycles. The van der Waals surface area contributed by atoms with Crippen LogP contribution in [-0.2, 0) is 11.2 Å². The van der Waals surface area contributed by atoms with Crippen molar-refractivity contribution in [2.24, 2.45) is 0 Å². The lowest BCUT2D eigenvalue weighted by molar-refractivity contribution is -0.121. The molecular weight excluding hydrogens is 492 g/mol. The number of rotatable bonds is 11. The lowest BCUT2D eigenvalue weighted by Gasteiger charge is -2.19. The van der Waals surface area contributed by atoms with Gasteiger partial charge in [-0.1, -0.05) is 84.6 Å². The Bertz CT molecular complexity index is 1450. The summed E-state index contributed by atoms with van der Waals surface area (Å²) in [7, 11) is 0. The van der Waals surface area contributed by atoms with Gasteiger partial charge in [-0.25, -0.2) is 0 Å². The molecule has 2 heterocycles. The van der Waals surface area contributed by atoms with Gasteiger partial charge >= 0.3 is 0 Å². The van der Waals surface area contributed by atoms with E-state index >= 15 is 0 Å². The molecule has 1 atom stereocenters. The maximum atomic E-state index is 12.9. The summed E-state index contributed by atoms with van der Waals surface area (Å²) >= 11 is 1.59. The first-order valence-corrected chi connectivity index (χ1v) is 13.7. The summed E-state index contributed by atoms with van der Waals surface area (Å²) < 4.78 is 7.63. The number of carbonyl (C=O) groups excluding carboxylic acids is 1. The van der Waals surface area contributed by atoms with E-state index in [4.69, 9.17) is 4.42 Å². The number of hydrogen-bond donors (Lipinski definition) is 1. The average Bonchev–Trinajstić information content (AvgIpc) is 3.62. The van der Waals surface area contributed by atoms with Gasteiger partial charge in [-0.2, -0.15) is 0 Å². The maximum Gasteiger partial charge on any atom is 0.220 e. The molecule has 0 saturated carbocycles. The standard InChI is InChI=1S/C31H30N4O2S/c1-23-11-8-16-26(21-23)35-30(28-17-9-19-37-28)33-34-31(35)38-20-10-18-29(36)32-27(25-14-6-3-7-15-25)22-24-12-4-2-5-13-24/h2-9,11-17,19,21,27H,10,18,20,22H2,1H3,(H,32,36). The van der Waals surface area contributed by atoms with E-state index in [0.717, 1.165) is 40.6 Å². The summed E-state index contributed by atoms with van der Waals surface area (Å²) in [6, 6.07) is 32.3. The fourth-order valence-electron chi connectivity index (χ4n) is 4.38. The van der Waals surface area contributed by atoms with E-state index in [0.29, 0.717) is 18.0 Å². The van der Waals surface area contributed by atoms with Crippen molar-refractivity contribution in [3.8, 4) is 17.3 Å². The maximum absolute atomic E-state index is 12.9. The largest absolute Gasteiger partial charge is 0.461 e. The highest BCUT2D eigenvalue weighted by atomic mass is 32.2. The SMILES string of the molecule is Cc1cccc(-n2c(SCCCC(=O)NC(Cc3ccccc3)c3ccccc3)nnc2-c2ccco2)c1. The van der Waals surface area contributed by atoms with Crippen molar-refractivity contribution in [3.63, 3.8) is 0 Å². The molecule has 0 radical (unpaired) electrons. The van der Waals surface area contributed by atoms with Gasteiger partial charge in [-0.15, -0.1) is 10.2 Å². The molecule has 1 amide bonds. The molecule has 0 fully saturated rings. The monoisotopic (exact) mass is 522 g/mol. The lowest BCUT2D eigenvalue weighted by Crippen LogP contribution is -2.29. The molecular formula is C31H30N4O2S. The number of furan rings is 1. The number of benzene rings is 3. The molecule has 0 saturated heterocycles. The first kappa shape index (κ1) is 25.5. The Labute approximate surface area is 227 Å². The van der Waals surface area contributed by atoms with Crippen molar-refractivity contribution in [2.75, 3.05) is 5.75 Å². The number of nitrogens with zero attached hydrogens (tertiary/aromatic N) is 3. The van der Waals surface area contributed by atoms with E-state index < -0.39 is 0 Å². The number of amides is 1. The second-order valence-corrected chi connectivity index (χ2v) is 10.2. The molecule has 192 valence electrons. The van der Waals surface area contributed by atoms with Crippen LogP contribution in [0.3, 0.4) is 0 Å². The lowest BCUT2D eigenvalue weighted by atomic mass is 9.98. The number of aromatic nitrogens is 3. The smallest absolute Gasteiger partial charge is 0.220 e. The van der Waals surface area contributed by atoms with Gasteiger partial charge in [0.15, 0.2) is 10.9 Å². The van der Waals surface area contributed by atoms with Crippen molar-refractivity contribution in [2.45, 2.75) is 37.4 Å². The quantitative estimate of drug-likeness (QED) is 0.152. The van der Waals surface area contributed by atoms with Crippen molar-refractivity contribution >= 4 is 17.7 Å². The highest BCUT2D eigenvalue weighted by Gasteiger charge is 2.19. The number of hydrogen-bond acceptors (Lipinski definition) is 5. The third-order valence-corrected chi connectivity index (χ3v) is 7.25. The zero-order chi connectivity index (χ0) is 26.2. The topological polar surface area (TPSA) is 73.0 Å². The fourth-order valence-corrected chi connectivity index (χ4v) is 5.27. The molecule has 7 heteroatoms. The Morgan fingerprint density at radius 3 is 2.47 bits per heavy atom. The van der Waals surface area contributed by atoms with Gasteiger partial charge < -0.3 is 9.73 Å². The molecule has 5 aromatic rings. The zero-order valence-corrected chi connectivity index (χ0v) is 22.1. The summed E-state index contributed by atoms with van der Waals surface area (Å²) in [4.78, 5) is 12.9. The molecule has 2 aromatic heterocycles. The summed E-state index contributed by atoms with van der Waals surface area (Å²) in [5, 5.41) is 12.9. The number of aryl methyl sites for hydroxylation is 1. The Morgan fingerprint density at radius 2 is 1.74 bits per heavy atom. The van der Waals surface area contributed by atoms with Crippen molar-refractivity contribution in [3.05, 3.63) is 120 Å². The predicted octanol–water partition coefficient (Wildman–Crippen LogP) is 6.81. The van der Waals surface area contributed by atoms with E-state index in [1.54, 1.807) is 18.0 Å². The fraction of sp³-hybridized carbons (Fsp3) is 0.194. The molecule has 0 spiro atoms. The second kappa shape index (κ2) is 12.4. The van der Waals surface area contributed by atoms with Crippen LogP contribution in [0.5, 0.6) is 0 Å². The van der Waals surface area contributed by atoms with Crippen LogP contribution < -0.4 is 5.32 Å². The molecule has 0 aliphatic carbocycles. The van der Waals surface area contributed by atoms with Crippen LogP contribution in [-0.4, -0.2) is 26.4 Å². The van der Waals surface area contributed by atoms with Crippen LogP contribution in [0, 0.1) is 6.92 Å².